The number of methoxy groups -OCH3 is 1. The smallest absolute Gasteiger partial charge is 0.305 e. The molecule has 0 fully saturated rings. The Balaban J connectivity index is 1.89. The van der Waals surface area contributed by atoms with Gasteiger partial charge in [0.1, 0.15) is 10.0 Å². The molecular formula is C20H18ClN3O4S2. The Morgan fingerprint density at radius 2 is 2.00 bits per heavy atom. The maximum atomic E-state index is 13.8. The zero-order chi connectivity index (χ0) is 21.5. The Labute approximate surface area is 182 Å². The number of hydrogen-bond acceptors (Lipinski definition) is 7. The number of aryl methyl sites for hydroxylation is 2. The SMILES string of the molecule is COC(=O)CCCc1cc2nc(Cl)ccc2n1S(=O)(=O)c1cccc2nc(C)sc12. The maximum Gasteiger partial charge on any atom is 0.305 e. The molecule has 0 aliphatic rings. The Hall–Kier alpha value is -2.49. The molecule has 0 amide bonds. The lowest BCUT2D eigenvalue weighted by Crippen LogP contribution is -2.16. The fourth-order valence-corrected chi connectivity index (χ4v) is 6.48. The standard InChI is InChI=1S/C20H18ClN3O4S2/c1-12-22-14-6-4-7-17(20(14)29-12)30(26,27)24-13(5-3-8-19(25)28-2)11-15-16(24)9-10-18(21)23-15/h4,6-7,9-11H,3,5,8H2,1-2H3. The second kappa shape index (κ2) is 7.98. The van der Waals surface area contributed by atoms with Crippen LogP contribution >= 0.6 is 22.9 Å². The molecule has 4 aromatic rings. The number of aromatic nitrogens is 3. The summed E-state index contributed by atoms with van der Waals surface area (Å²) in [6.07, 6.45) is 0.992. The minimum Gasteiger partial charge on any atom is -0.469 e. The van der Waals surface area contributed by atoms with Crippen LogP contribution in [-0.4, -0.2) is 35.4 Å². The Morgan fingerprint density at radius 1 is 1.20 bits per heavy atom. The van der Waals surface area contributed by atoms with Crippen molar-refractivity contribution in [3.63, 3.8) is 0 Å². The van der Waals surface area contributed by atoms with Crippen LogP contribution in [0.1, 0.15) is 23.5 Å². The average molecular weight is 464 g/mol. The van der Waals surface area contributed by atoms with E-state index in [-0.39, 0.29) is 22.4 Å². The van der Waals surface area contributed by atoms with Gasteiger partial charge in [-0.2, -0.15) is 0 Å². The summed E-state index contributed by atoms with van der Waals surface area (Å²) in [5, 5.41) is 1.06. The van der Waals surface area contributed by atoms with E-state index >= 15 is 0 Å². The number of halogens is 1. The van der Waals surface area contributed by atoms with Gasteiger partial charge in [0.05, 0.1) is 33.4 Å². The molecule has 0 saturated carbocycles. The first-order chi connectivity index (χ1) is 14.3. The molecule has 30 heavy (non-hydrogen) atoms. The van der Waals surface area contributed by atoms with E-state index in [0.29, 0.717) is 39.8 Å². The number of nitrogens with zero attached hydrogens (tertiary/aromatic N) is 3. The zero-order valence-electron chi connectivity index (χ0n) is 16.3. The normalized spacial score (nSPS) is 12.0. The largest absolute Gasteiger partial charge is 0.469 e. The summed E-state index contributed by atoms with van der Waals surface area (Å²) >= 11 is 7.36. The molecule has 0 saturated heterocycles. The minimum atomic E-state index is -3.95. The van der Waals surface area contributed by atoms with Crippen LogP contribution in [0, 0.1) is 6.92 Å². The number of rotatable bonds is 6. The summed E-state index contributed by atoms with van der Waals surface area (Å²) in [5.74, 6) is -0.341. The van der Waals surface area contributed by atoms with Crippen LogP contribution in [-0.2, 0) is 26.0 Å². The van der Waals surface area contributed by atoms with Gasteiger partial charge in [-0.1, -0.05) is 17.7 Å². The number of ether oxygens (including phenoxy) is 1. The molecule has 3 aromatic heterocycles. The molecule has 1 aromatic carbocycles. The summed E-state index contributed by atoms with van der Waals surface area (Å²) in [7, 11) is -2.62. The van der Waals surface area contributed by atoms with Crippen LogP contribution in [0.2, 0.25) is 5.15 Å². The van der Waals surface area contributed by atoms with E-state index in [2.05, 4.69) is 14.7 Å². The van der Waals surface area contributed by atoms with Gasteiger partial charge < -0.3 is 4.74 Å². The summed E-state index contributed by atoms with van der Waals surface area (Å²) in [5.41, 5.74) is 2.09. The highest BCUT2D eigenvalue weighted by molar-refractivity contribution is 7.90. The lowest BCUT2D eigenvalue weighted by Gasteiger charge is -2.12. The van der Waals surface area contributed by atoms with Crippen molar-refractivity contribution in [3.8, 4) is 0 Å². The summed E-state index contributed by atoms with van der Waals surface area (Å²) in [6.45, 7) is 1.84. The molecular weight excluding hydrogens is 446 g/mol. The highest BCUT2D eigenvalue weighted by atomic mass is 35.5. The fraction of sp³-hybridized carbons (Fsp3) is 0.250. The van der Waals surface area contributed by atoms with Crippen molar-refractivity contribution in [3.05, 3.63) is 52.3 Å². The Kier molecular flexibility index (Phi) is 5.52. The van der Waals surface area contributed by atoms with E-state index in [4.69, 9.17) is 11.6 Å². The number of pyridine rings is 1. The maximum absolute atomic E-state index is 13.8. The van der Waals surface area contributed by atoms with Gasteiger partial charge in [-0.3, -0.25) is 4.79 Å². The lowest BCUT2D eigenvalue weighted by molar-refractivity contribution is -0.140. The van der Waals surface area contributed by atoms with Crippen LogP contribution in [0.15, 0.2) is 41.3 Å². The van der Waals surface area contributed by atoms with Crippen LogP contribution in [0.4, 0.5) is 0 Å². The second-order valence-corrected chi connectivity index (χ2v) is 10.1. The number of thiazole rings is 1. The molecule has 0 unspecified atom stereocenters. The highest BCUT2D eigenvalue weighted by Gasteiger charge is 2.26. The molecule has 0 bridgehead atoms. The van der Waals surface area contributed by atoms with Crippen LogP contribution in [0.25, 0.3) is 21.3 Å². The number of carbonyl (C=O) groups excluding carboxylic acids is 1. The van der Waals surface area contributed by atoms with Crippen molar-refractivity contribution >= 4 is 60.2 Å². The average Bonchev–Trinajstić information content (AvgIpc) is 3.26. The summed E-state index contributed by atoms with van der Waals surface area (Å²) in [6, 6.07) is 9.97. The number of fused-ring (bicyclic) bond motifs is 2. The lowest BCUT2D eigenvalue weighted by atomic mass is 10.2. The third kappa shape index (κ3) is 3.68. The van der Waals surface area contributed by atoms with Gasteiger partial charge in [-0.25, -0.2) is 22.4 Å². The predicted octanol–water partition coefficient (Wildman–Crippen LogP) is 4.34. The molecule has 7 nitrogen and oxygen atoms in total. The topological polar surface area (TPSA) is 91.1 Å². The molecule has 156 valence electrons. The van der Waals surface area contributed by atoms with Gasteiger partial charge >= 0.3 is 5.97 Å². The third-order valence-corrected chi connectivity index (χ3v) is 7.86. The molecule has 4 rings (SSSR count). The van der Waals surface area contributed by atoms with E-state index in [0.717, 1.165) is 5.01 Å². The number of esters is 1. The first-order valence-electron chi connectivity index (χ1n) is 9.16. The molecule has 10 heteroatoms. The van der Waals surface area contributed by atoms with Crippen molar-refractivity contribution in [2.75, 3.05) is 7.11 Å². The van der Waals surface area contributed by atoms with Gasteiger partial charge in [0.2, 0.25) is 0 Å². The number of hydrogen-bond donors (Lipinski definition) is 0. The second-order valence-electron chi connectivity index (χ2n) is 6.71. The molecule has 0 spiro atoms. The number of carbonyl (C=O) groups is 1. The van der Waals surface area contributed by atoms with E-state index < -0.39 is 10.0 Å². The van der Waals surface area contributed by atoms with Gasteiger partial charge in [-0.05, 0) is 50.1 Å². The van der Waals surface area contributed by atoms with Gasteiger partial charge in [0.25, 0.3) is 10.0 Å². The third-order valence-electron chi connectivity index (χ3n) is 4.70. The molecule has 3 heterocycles. The molecule has 0 aliphatic heterocycles. The van der Waals surface area contributed by atoms with E-state index in [9.17, 15) is 13.2 Å². The molecule has 0 radical (unpaired) electrons. The van der Waals surface area contributed by atoms with Gasteiger partial charge in [-0.15, -0.1) is 11.3 Å². The van der Waals surface area contributed by atoms with Crippen molar-refractivity contribution in [1.82, 2.24) is 13.9 Å². The van der Waals surface area contributed by atoms with E-state index in [1.165, 1.54) is 22.4 Å². The minimum absolute atomic E-state index is 0.187. The van der Waals surface area contributed by atoms with Crippen molar-refractivity contribution in [2.45, 2.75) is 31.1 Å². The Bertz CT molecular complexity index is 1380. The van der Waals surface area contributed by atoms with E-state index in [1.54, 1.807) is 36.4 Å². The quantitative estimate of drug-likeness (QED) is 0.312. The zero-order valence-corrected chi connectivity index (χ0v) is 18.6. The predicted molar refractivity (Wildman–Crippen MR) is 117 cm³/mol. The van der Waals surface area contributed by atoms with Crippen molar-refractivity contribution in [1.29, 1.82) is 0 Å². The summed E-state index contributed by atoms with van der Waals surface area (Å²) in [4.78, 5) is 20.4. The van der Waals surface area contributed by atoms with Crippen LogP contribution in [0.3, 0.4) is 0 Å². The van der Waals surface area contributed by atoms with Crippen molar-refractivity contribution < 1.29 is 17.9 Å². The van der Waals surface area contributed by atoms with Gasteiger partial charge in [0.15, 0.2) is 0 Å². The van der Waals surface area contributed by atoms with Crippen LogP contribution in [0.5, 0.6) is 0 Å². The van der Waals surface area contributed by atoms with Crippen molar-refractivity contribution in [2.24, 2.45) is 0 Å². The number of benzene rings is 1. The molecule has 0 aliphatic carbocycles. The first kappa shape index (κ1) is 20.8. The van der Waals surface area contributed by atoms with Crippen LogP contribution < -0.4 is 0 Å². The molecule has 0 N–H and O–H groups in total. The summed E-state index contributed by atoms with van der Waals surface area (Å²) < 4.78 is 34.2. The van der Waals surface area contributed by atoms with E-state index in [1.807, 2.05) is 6.92 Å². The Morgan fingerprint density at radius 3 is 2.77 bits per heavy atom. The van der Waals surface area contributed by atoms with Gasteiger partial charge in [0, 0.05) is 12.1 Å². The molecule has 0 atom stereocenters. The monoisotopic (exact) mass is 463 g/mol. The first-order valence-corrected chi connectivity index (χ1v) is 11.8. The highest BCUT2D eigenvalue weighted by Crippen LogP contribution is 2.33. The fourth-order valence-electron chi connectivity index (χ4n) is 3.40.